The topological polar surface area (TPSA) is 40.5 Å². The molecule has 1 N–H and O–H groups in total. The van der Waals surface area contributed by atoms with E-state index in [9.17, 15) is 4.79 Å². The highest BCUT2D eigenvalue weighted by Crippen LogP contribution is 2.44. The largest absolute Gasteiger partial charge is 0.481 e. The zero-order valence-corrected chi connectivity index (χ0v) is 13.8. The lowest BCUT2D eigenvalue weighted by Gasteiger charge is -2.25. The van der Waals surface area contributed by atoms with Crippen molar-refractivity contribution in [2.75, 3.05) is 13.6 Å². The van der Waals surface area contributed by atoms with Crippen LogP contribution in [-0.4, -0.2) is 29.6 Å². The van der Waals surface area contributed by atoms with Crippen LogP contribution in [0.5, 0.6) is 0 Å². The van der Waals surface area contributed by atoms with Gasteiger partial charge in [-0.3, -0.25) is 4.79 Å². The van der Waals surface area contributed by atoms with Crippen molar-refractivity contribution in [2.45, 2.75) is 25.8 Å². The van der Waals surface area contributed by atoms with Gasteiger partial charge in [0.05, 0.1) is 6.42 Å². The van der Waals surface area contributed by atoms with Crippen LogP contribution in [0, 0.1) is 0 Å². The third-order valence-corrected chi connectivity index (χ3v) is 5.28. The average Bonchev–Trinajstić information content (AvgIpc) is 2.86. The lowest BCUT2D eigenvalue weighted by molar-refractivity contribution is -0.136. The van der Waals surface area contributed by atoms with Crippen LogP contribution in [0.2, 0.25) is 5.02 Å². The van der Waals surface area contributed by atoms with Crippen molar-refractivity contribution in [2.24, 2.45) is 0 Å². The number of halogens is 1. The van der Waals surface area contributed by atoms with E-state index in [-0.39, 0.29) is 6.42 Å². The van der Waals surface area contributed by atoms with Gasteiger partial charge in [-0.15, -0.1) is 0 Å². The summed E-state index contributed by atoms with van der Waals surface area (Å²) in [6.07, 6.45) is 1.89. The Hall–Kier alpha value is -1.84. The van der Waals surface area contributed by atoms with Gasteiger partial charge in [0, 0.05) is 23.7 Å². The highest BCUT2D eigenvalue weighted by Gasteiger charge is 2.27. The molecule has 4 rings (SSSR count). The molecular weight excluding hydrogens is 310 g/mol. The summed E-state index contributed by atoms with van der Waals surface area (Å²) in [7, 11) is 2.15. The summed E-state index contributed by atoms with van der Waals surface area (Å²) in [4.78, 5) is 13.5. The molecule has 0 atom stereocenters. The first-order valence-corrected chi connectivity index (χ1v) is 8.26. The first-order chi connectivity index (χ1) is 11.0. The smallest absolute Gasteiger partial charge is 0.307 e. The molecule has 0 aromatic heterocycles. The predicted octanol–water partition coefficient (Wildman–Crippen LogP) is 3.53. The van der Waals surface area contributed by atoms with E-state index >= 15 is 0 Å². The molecule has 0 saturated heterocycles. The van der Waals surface area contributed by atoms with Gasteiger partial charge >= 0.3 is 5.97 Å². The summed E-state index contributed by atoms with van der Waals surface area (Å²) in [5.74, 6) is -0.800. The molecule has 0 amide bonds. The Bertz CT molecular complexity index is 829. The molecule has 2 aliphatic rings. The molecule has 0 radical (unpaired) electrons. The molecule has 0 saturated carbocycles. The number of benzene rings is 2. The van der Waals surface area contributed by atoms with E-state index in [0.29, 0.717) is 0 Å². The van der Waals surface area contributed by atoms with Crippen molar-refractivity contribution >= 4 is 17.6 Å². The van der Waals surface area contributed by atoms with Gasteiger partial charge in [-0.1, -0.05) is 29.8 Å². The van der Waals surface area contributed by atoms with Crippen LogP contribution in [0.4, 0.5) is 0 Å². The Morgan fingerprint density at radius 2 is 2.09 bits per heavy atom. The van der Waals surface area contributed by atoms with Crippen LogP contribution in [-0.2, 0) is 30.6 Å². The van der Waals surface area contributed by atoms with Gasteiger partial charge < -0.3 is 10.0 Å². The van der Waals surface area contributed by atoms with Crippen molar-refractivity contribution in [3.8, 4) is 11.1 Å². The maximum atomic E-state index is 11.1. The molecule has 0 unspecified atom stereocenters. The second kappa shape index (κ2) is 5.36. The summed E-state index contributed by atoms with van der Waals surface area (Å²) >= 11 is 6.46. The average molecular weight is 328 g/mol. The maximum absolute atomic E-state index is 11.1. The van der Waals surface area contributed by atoms with E-state index in [0.717, 1.165) is 47.6 Å². The molecule has 0 fully saturated rings. The number of fused-ring (bicyclic) bond motifs is 4. The monoisotopic (exact) mass is 327 g/mol. The number of nitrogens with zero attached hydrogens (tertiary/aromatic N) is 1. The number of aliphatic carboxylic acids is 1. The normalized spacial score (nSPS) is 15.9. The van der Waals surface area contributed by atoms with Gasteiger partial charge in [0.25, 0.3) is 0 Å². The van der Waals surface area contributed by atoms with E-state index in [1.807, 2.05) is 12.1 Å². The molecule has 0 bridgehead atoms. The quantitative estimate of drug-likeness (QED) is 0.783. The van der Waals surface area contributed by atoms with Gasteiger partial charge in [0.15, 0.2) is 0 Å². The third kappa shape index (κ3) is 2.44. The van der Waals surface area contributed by atoms with E-state index < -0.39 is 5.97 Å². The van der Waals surface area contributed by atoms with E-state index in [4.69, 9.17) is 16.7 Å². The van der Waals surface area contributed by atoms with Crippen LogP contribution in [0.3, 0.4) is 0 Å². The van der Waals surface area contributed by atoms with Crippen molar-refractivity contribution in [3.63, 3.8) is 0 Å². The number of carboxylic acid groups (broad SMARTS) is 1. The molecular formula is C19H18ClNO2. The molecule has 4 heteroatoms. The van der Waals surface area contributed by atoms with Crippen molar-refractivity contribution < 1.29 is 9.90 Å². The lowest BCUT2D eigenvalue weighted by Crippen LogP contribution is -2.26. The van der Waals surface area contributed by atoms with Crippen LogP contribution in [0.15, 0.2) is 24.3 Å². The van der Waals surface area contributed by atoms with Crippen LogP contribution in [0.25, 0.3) is 11.1 Å². The molecule has 0 spiro atoms. The fraction of sp³-hybridized carbons (Fsp3) is 0.316. The molecule has 2 aromatic rings. The fourth-order valence-corrected chi connectivity index (χ4v) is 4.13. The molecule has 2 aromatic carbocycles. The predicted molar refractivity (Wildman–Crippen MR) is 91.1 cm³/mol. The Kier molecular flexibility index (Phi) is 3.43. The zero-order valence-electron chi connectivity index (χ0n) is 13.0. The van der Waals surface area contributed by atoms with Crippen LogP contribution < -0.4 is 0 Å². The highest BCUT2D eigenvalue weighted by atomic mass is 35.5. The van der Waals surface area contributed by atoms with E-state index in [2.05, 4.69) is 24.1 Å². The standard InChI is InChI=1S/C19H18ClNO2/c1-21-5-4-11-7-16-13(6-14(11)10-21)8-15-12(9-18(22)23)2-3-17(20)19(15)16/h2-3,6-7H,4-5,8-10H2,1H3,(H,22,23). The lowest BCUT2D eigenvalue weighted by atomic mass is 9.93. The summed E-state index contributed by atoms with van der Waals surface area (Å²) in [6, 6.07) is 8.26. The minimum absolute atomic E-state index is 0.0515. The van der Waals surface area contributed by atoms with Crippen LogP contribution >= 0.6 is 11.6 Å². The number of carbonyl (C=O) groups is 1. The number of likely N-dealkylation sites (N-methyl/N-ethyl adjacent to an activating group) is 1. The number of rotatable bonds is 2. The zero-order chi connectivity index (χ0) is 16.1. The summed E-state index contributed by atoms with van der Waals surface area (Å²) in [5, 5.41) is 9.87. The van der Waals surface area contributed by atoms with Gasteiger partial charge in [0.1, 0.15) is 0 Å². The molecule has 1 heterocycles. The molecule has 3 nitrogen and oxygen atoms in total. The second-order valence-electron chi connectivity index (χ2n) is 6.57. The summed E-state index contributed by atoms with van der Waals surface area (Å²) < 4.78 is 0. The molecule has 1 aliphatic heterocycles. The Morgan fingerprint density at radius 1 is 1.26 bits per heavy atom. The van der Waals surface area contributed by atoms with Crippen molar-refractivity contribution in [3.05, 3.63) is 57.1 Å². The SMILES string of the molecule is CN1CCc2cc3c(cc2C1)Cc1c(CC(=O)O)ccc(Cl)c1-3. The molecule has 118 valence electrons. The minimum Gasteiger partial charge on any atom is -0.481 e. The minimum atomic E-state index is -0.800. The highest BCUT2D eigenvalue weighted by molar-refractivity contribution is 6.33. The van der Waals surface area contributed by atoms with Gasteiger partial charge in [-0.25, -0.2) is 0 Å². The van der Waals surface area contributed by atoms with Crippen molar-refractivity contribution in [1.82, 2.24) is 4.90 Å². The molecule has 1 aliphatic carbocycles. The van der Waals surface area contributed by atoms with E-state index in [1.165, 1.54) is 22.3 Å². The first kappa shape index (κ1) is 14.7. The number of hydrogen-bond donors (Lipinski definition) is 1. The maximum Gasteiger partial charge on any atom is 0.307 e. The fourth-order valence-electron chi connectivity index (χ4n) is 3.85. The Morgan fingerprint density at radius 3 is 2.87 bits per heavy atom. The van der Waals surface area contributed by atoms with Gasteiger partial charge in [-0.2, -0.15) is 0 Å². The van der Waals surface area contributed by atoms with E-state index in [1.54, 1.807) is 0 Å². The number of hydrogen-bond acceptors (Lipinski definition) is 2. The first-order valence-electron chi connectivity index (χ1n) is 7.88. The Labute approximate surface area is 140 Å². The summed E-state index contributed by atoms with van der Waals surface area (Å²) in [6.45, 7) is 2.06. The molecule has 23 heavy (non-hydrogen) atoms. The Balaban J connectivity index is 1.85. The van der Waals surface area contributed by atoms with Crippen LogP contribution in [0.1, 0.15) is 27.8 Å². The van der Waals surface area contributed by atoms with Gasteiger partial charge in [-0.05, 0) is 59.3 Å². The van der Waals surface area contributed by atoms with Gasteiger partial charge in [0.2, 0.25) is 0 Å². The second-order valence-corrected chi connectivity index (χ2v) is 6.98. The van der Waals surface area contributed by atoms with Crippen molar-refractivity contribution in [1.29, 1.82) is 0 Å². The third-order valence-electron chi connectivity index (χ3n) is 4.97. The summed E-state index contributed by atoms with van der Waals surface area (Å²) in [5.41, 5.74) is 8.26. The number of carboxylic acids is 1.